The third kappa shape index (κ3) is 3.27. The van der Waals surface area contributed by atoms with Crippen LogP contribution in [-0.2, 0) is 9.53 Å². The number of nitrogens with zero attached hydrogens (tertiary/aromatic N) is 1. The van der Waals surface area contributed by atoms with Crippen LogP contribution in [0.4, 0.5) is 0 Å². The summed E-state index contributed by atoms with van der Waals surface area (Å²) in [5, 5.41) is 0. The maximum absolute atomic E-state index is 12.5. The second-order valence-corrected chi connectivity index (χ2v) is 9.30. The Morgan fingerprint density at radius 2 is 1.75 bits per heavy atom. The van der Waals surface area contributed by atoms with Crippen molar-refractivity contribution in [2.45, 2.75) is 58.3 Å². The van der Waals surface area contributed by atoms with E-state index >= 15 is 0 Å². The number of cyclic esters (lactones) is 1. The quantitative estimate of drug-likeness (QED) is 0.379. The molecule has 1 aromatic carbocycles. The molecule has 28 heavy (non-hydrogen) atoms. The normalized spacial score (nSPS) is 34.6. The summed E-state index contributed by atoms with van der Waals surface area (Å²) in [6.07, 6.45) is 11.6. The Bertz CT molecular complexity index is 785. The van der Waals surface area contributed by atoms with E-state index in [1.165, 1.54) is 19.3 Å². The number of hydrogen-bond acceptors (Lipinski definition) is 4. The summed E-state index contributed by atoms with van der Waals surface area (Å²) in [4.78, 5) is 17.2. The number of esters is 1. The van der Waals surface area contributed by atoms with E-state index in [-0.39, 0.29) is 11.4 Å². The maximum Gasteiger partial charge on any atom is 0.363 e. The molecule has 0 spiro atoms. The summed E-state index contributed by atoms with van der Waals surface area (Å²) in [6, 6.07) is 7.84. The molecule has 4 aliphatic carbocycles. The molecule has 4 saturated carbocycles. The largest absolute Gasteiger partial charge is 0.494 e. The fourth-order valence-electron chi connectivity index (χ4n) is 6.16. The topological polar surface area (TPSA) is 47.9 Å². The number of carbonyl (C=O) groups excluding carboxylic acids is 1. The summed E-state index contributed by atoms with van der Waals surface area (Å²) in [6.45, 7) is 2.89. The van der Waals surface area contributed by atoms with Gasteiger partial charge in [0.2, 0.25) is 5.90 Å². The third-order valence-electron chi connectivity index (χ3n) is 7.06. The molecule has 148 valence electrons. The molecule has 4 fully saturated rings. The molecule has 0 unspecified atom stereocenters. The Labute approximate surface area is 167 Å². The molecule has 0 radical (unpaired) electrons. The zero-order chi connectivity index (χ0) is 19.1. The highest BCUT2D eigenvalue weighted by molar-refractivity contribution is 6.09. The summed E-state index contributed by atoms with van der Waals surface area (Å²) in [5.74, 6) is 3.70. The lowest BCUT2D eigenvalue weighted by atomic mass is 9.49. The van der Waals surface area contributed by atoms with E-state index in [1.54, 1.807) is 0 Å². The van der Waals surface area contributed by atoms with Crippen molar-refractivity contribution in [2.24, 2.45) is 28.2 Å². The van der Waals surface area contributed by atoms with Crippen LogP contribution >= 0.6 is 0 Å². The zero-order valence-electron chi connectivity index (χ0n) is 16.7. The van der Waals surface area contributed by atoms with E-state index in [0.717, 1.165) is 67.8 Å². The predicted octanol–water partition coefficient (Wildman–Crippen LogP) is 5.38. The summed E-state index contributed by atoms with van der Waals surface area (Å²) < 4.78 is 11.4. The molecule has 1 heterocycles. The molecule has 0 saturated heterocycles. The van der Waals surface area contributed by atoms with Crippen LogP contribution < -0.4 is 4.74 Å². The third-order valence-corrected chi connectivity index (χ3v) is 7.06. The molecule has 0 aromatic heterocycles. The second kappa shape index (κ2) is 7.06. The summed E-state index contributed by atoms with van der Waals surface area (Å²) in [7, 11) is 0. The number of rotatable bonds is 6. The fraction of sp³-hybridized carbons (Fsp3) is 0.583. The minimum Gasteiger partial charge on any atom is -0.494 e. The van der Waals surface area contributed by atoms with Crippen molar-refractivity contribution in [3.8, 4) is 5.75 Å². The first-order valence-electron chi connectivity index (χ1n) is 10.9. The first-order chi connectivity index (χ1) is 13.6. The van der Waals surface area contributed by atoms with Crippen LogP contribution in [0.5, 0.6) is 5.75 Å². The molecule has 1 aromatic rings. The lowest BCUT2D eigenvalue weighted by molar-refractivity contribution is -0.131. The highest BCUT2D eigenvalue weighted by atomic mass is 16.6. The van der Waals surface area contributed by atoms with Crippen molar-refractivity contribution in [2.75, 3.05) is 6.61 Å². The first-order valence-corrected chi connectivity index (χ1v) is 10.9. The minimum atomic E-state index is -0.297. The van der Waals surface area contributed by atoms with Gasteiger partial charge in [0.15, 0.2) is 5.70 Å². The van der Waals surface area contributed by atoms with Crippen molar-refractivity contribution in [3.63, 3.8) is 0 Å². The fourth-order valence-corrected chi connectivity index (χ4v) is 6.16. The van der Waals surface area contributed by atoms with Gasteiger partial charge >= 0.3 is 5.97 Å². The van der Waals surface area contributed by atoms with Gasteiger partial charge in [-0.25, -0.2) is 9.79 Å². The van der Waals surface area contributed by atoms with Crippen molar-refractivity contribution in [3.05, 3.63) is 35.5 Å². The van der Waals surface area contributed by atoms with Gasteiger partial charge in [-0.2, -0.15) is 0 Å². The number of hydrogen-bond donors (Lipinski definition) is 0. The number of carbonyl (C=O) groups is 1. The molecule has 0 amide bonds. The molecule has 0 atom stereocenters. The molecule has 6 rings (SSSR count). The average Bonchev–Trinajstić information content (AvgIpc) is 3.04. The lowest BCUT2D eigenvalue weighted by Crippen LogP contribution is -2.50. The average molecular weight is 380 g/mol. The van der Waals surface area contributed by atoms with Gasteiger partial charge in [-0.05, 0) is 86.5 Å². The van der Waals surface area contributed by atoms with E-state index < -0.39 is 0 Å². The van der Waals surface area contributed by atoms with Crippen LogP contribution in [0.3, 0.4) is 0 Å². The van der Waals surface area contributed by atoms with Crippen LogP contribution in [-0.4, -0.2) is 18.5 Å². The number of benzene rings is 1. The van der Waals surface area contributed by atoms with Crippen molar-refractivity contribution >= 4 is 17.9 Å². The van der Waals surface area contributed by atoms with Crippen LogP contribution in [0.1, 0.15) is 63.9 Å². The Balaban J connectivity index is 1.33. The van der Waals surface area contributed by atoms with Gasteiger partial charge in [0.25, 0.3) is 0 Å². The number of aliphatic imine (C=N–C) groups is 1. The van der Waals surface area contributed by atoms with Gasteiger partial charge in [-0.15, -0.1) is 0 Å². The highest BCUT2D eigenvalue weighted by Crippen LogP contribution is 2.61. The number of unbranched alkanes of at least 4 members (excludes halogenated alkanes) is 1. The van der Waals surface area contributed by atoms with Gasteiger partial charge in [0, 0.05) is 5.41 Å². The summed E-state index contributed by atoms with van der Waals surface area (Å²) in [5.41, 5.74) is 1.41. The molecule has 1 aliphatic heterocycles. The Kier molecular flexibility index (Phi) is 4.53. The Hall–Kier alpha value is -2.10. The van der Waals surface area contributed by atoms with E-state index in [2.05, 4.69) is 6.92 Å². The van der Waals surface area contributed by atoms with Crippen molar-refractivity contribution in [1.29, 1.82) is 0 Å². The molecule has 0 N–H and O–H groups in total. The van der Waals surface area contributed by atoms with Gasteiger partial charge in [-0.3, -0.25) is 0 Å². The van der Waals surface area contributed by atoms with Gasteiger partial charge in [-0.1, -0.05) is 25.5 Å². The SMILES string of the molecule is CCCCOc1ccc(/C=C2/N=C(C34CC5CC(CC(C5)C3)C4)OC2=O)cc1. The summed E-state index contributed by atoms with van der Waals surface area (Å²) >= 11 is 0. The number of ether oxygens (including phenoxy) is 2. The van der Waals surface area contributed by atoms with Crippen LogP contribution in [0.25, 0.3) is 6.08 Å². The lowest BCUT2D eigenvalue weighted by Gasteiger charge is -2.55. The van der Waals surface area contributed by atoms with Crippen LogP contribution in [0, 0.1) is 23.2 Å². The molecular formula is C24H29NO3. The van der Waals surface area contributed by atoms with Crippen molar-refractivity contribution in [1.82, 2.24) is 0 Å². The minimum absolute atomic E-state index is 0.0248. The van der Waals surface area contributed by atoms with E-state index in [0.29, 0.717) is 11.6 Å². The molecule has 4 heteroatoms. The molecule has 5 aliphatic rings. The second-order valence-electron chi connectivity index (χ2n) is 9.30. The predicted molar refractivity (Wildman–Crippen MR) is 109 cm³/mol. The van der Waals surface area contributed by atoms with Gasteiger partial charge < -0.3 is 9.47 Å². The zero-order valence-corrected chi connectivity index (χ0v) is 16.7. The standard InChI is InChI=1S/C24H29NO3/c1-2-3-8-27-20-6-4-16(5-7-20)12-21-22(26)28-23(25-21)24-13-17-9-18(14-24)11-19(10-17)15-24/h4-7,12,17-19H,2-3,8-11,13-15H2,1H3/b21-12+. The Morgan fingerprint density at radius 1 is 1.11 bits per heavy atom. The van der Waals surface area contributed by atoms with E-state index in [4.69, 9.17) is 14.5 Å². The van der Waals surface area contributed by atoms with Gasteiger partial charge in [0.05, 0.1) is 6.61 Å². The Morgan fingerprint density at radius 3 is 2.36 bits per heavy atom. The van der Waals surface area contributed by atoms with Gasteiger partial charge in [0.1, 0.15) is 5.75 Å². The maximum atomic E-state index is 12.5. The monoisotopic (exact) mass is 379 g/mol. The molecule has 4 bridgehead atoms. The van der Waals surface area contributed by atoms with E-state index in [9.17, 15) is 4.79 Å². The smallest absolute Gasteiger partial charge is 0.363 e. The van der Waals surface area contributed by atoms with E-state index in [1.807, 2.05) is 30.3 Å². The molecule has 4 nitrogen and oxygen atoms in total. The molecular weight excluding hydrogens is 350 g/mol. The van der Waals surface area contributed by atoms with Crippen LogP contribution in [0.2, 0.25) is 0 Å². The van der Waals surface area contributed by atoms with Crippen molar-refractivity contribution < 1.29 is 14.3 Å². The van der Waals surface area contributed by atoms with Crippen LogP contribution in [0.15, 0.2) is 35.0 Å². The highest BCUT2D eigenvalue weighted by Gasteiger charge is 2.55. The first kappa shape index (κ1) is 18.0.